The fourth-order valence-corrected chi connectivity index (χ4v) is 2.58. The monoisotopic (exact) mass is 389 g/mol. The van der Waals surface area contributed by atoms with Crippen LogP contribution in [0.5, 0.6) is 0 Å². The third kappa shape index (κ3) is 5.44. The van der Waals surface area contributed by atoms with Crippen molar-refractivity contribution < 1.29 is 14.3 Å². The molecule has 144 valence electrons. The lowest BCUT2D eigenvalue weighted by Crippen LogP contribution is -2.34. The SMILES string of the molecule is CCOC(=O)CN(C)c1ccc(NC(=O)C(C)(C)c2ccc(Cl)cc2)cn1. The lowest BCUT2D eigenvalue weighted by molar-refractivity contribution is -0.141. The lowest BCUT2D eigenvalue weighted by atomic mass is 9.83. The summed E-state index contributed by atoms with van der Waals surface area (Å²) in [6.45, 7) is 5.91. The van der Waals surface area contributed by atoms with Crippen LogP contribution in [0.1, 0.15) is 26.3 Å². The quantitative estimate of drug-likeness (QED) is 0.732. The Labute approximate surface area is 164 Å². The van der Waals surface area contributed by atoms with Gasteiger partial charge in [-0.25, -0.2) is 4.98 Å². The van der Waals surface area contributed by atoms with Crippen LogP contribution < -0.4 is 10.2 Å². The highest BCUT2D eigenvalue weighted by Crippen LogP contribution is 2.26. The molecule has 1 aromatic carbocycles. The van der Waals surface area contributed by atoms with Crippen molar-refractivity contribution in [1.29, 1.82) is 0 Å². The molecule has 0 aliphatic rings. The number of carbonyl (C=O) groups excluding carboxylic acids is 2. The van der Waals surface area contributed by atoms with E-state index in [0.717, 1.165) is 5.56 Å². The van der Waals surface area contributed by atoms with Gasteiger partial charge in [-0.15, -0.1) is 0 Å². The second-order valence-electron chi connectivity index (χ2n) is 6.65. The molecule has 27 heavy (non-hydrogen) atoms. The van der Waals surface area contributed by atoms with Crippen molar-refractivity contribution in [2.24, 2.45) is 0 Å². The Kier molecular flexibility index (Phi) is 6.80. The molecule has 0 aliphatic heterocycles. The fourth-order valence-electron chi connectivity index (χ4n) is 2.45. The Morgan fingerprint density at radius 1 is 1.19 bits per heavy atom. The number of likely N-dealkylation sites (N-methyl/N-ethyl adjacent to an activating group) is 1. The first kappa shape index (κ1) is 20.7. The van der Waals surface area contributed by atoms with E-state index in [-0.39, 0.29) is 18.4 Å². The molecule has 0 radical (unpaired) electrons. The van der Waals surface area contributed by atoms with E-state index >= 15 is 0 Å². The number of nitrogens with one attached hydrogen (secondary N) is 1. The molecule has 0 fully saturated rings. The number of aromatic nitrogens is 1. The number of amides is 1. The summed E-state index contributed by atoms with van der Waals surface area (Å²) in [4.78, 5) is 30.2. The molecular weight excluding hydrogens is 366 g/mol. The number of benzene rings is 1. The molecule has 6 nitrogen and oxygen atoms in total. The summed E-state index contributed by atoms with van der Waals surface area (Å²) < 4.78 is 4.92. The minimum atomic E-state index is -0.732. The number of halogens is 1. The summed E-state index contributed by atoms with van der Waals surface area (Å²) in [5.74, 6) is 0.140. The highest BCUT2D eigenvalue weighted by Gasteiger charge is 2.29. The maximum atomic E-state index is 12.7. The van der Waals surface area contributed by atoms with Crippen LogP contribution in [0.3, 0.4) is 0 Å². The topological polar surface area (TPSA) is 71.5 Å². The van der Waals surface area contributed by atoms with Gasteiger partial charge in [0.1, 0.15) is 12.4 Å². The standard InChI is InChI=1S/C20H24ClN3O3/c1-5-27-18(25)13-24(4)17-11-10-16(12-22-17)23-19(26)20(2,3)14-6-8-15(21)9-7-14/h6-12H,5,13H2,1-4H3,(H,23,26). The smallest absolute Gasteiger partial charge is 0.325 e. The van der Waals surface area contributed by atoms with E-state index in [2.05, 4.69) is 10.3 Å². The highest BCUT2D eigenvalue weighted by molar-refractivity contribution is 6.30. The average molecular weight is 390 g/mol. The second kappa shape index (κ2) is 8.86. The summed E-state index contributed by atoms with van der Waals surface area (Å²) in [6, 6.07) is 10.7. The van der Waals surface area contributed by atoms with Gasteiger partial charge in [0, 0.05) is 12.1 Å². The number of hydrogen-bond acceptors (Lipinski definition) is 5. The largest absolute Gasteiger partial charge is 0.465 e. The molecule has 0 saturated carbocycles. The summed E-state index contributed by atoms with van der Waals surface area (Å²) in [6.07, 6.45) is 1.56. The van der Waals surface area contributed by atoms with Gasteiger partial charge in [-0.3, -0.25) is 9.59 Å². The van der Waals surface area contributed by atoms with Gasteiger partial charge in [-0.05, 0) is 50.6 Å². The Hall–Kier alpha value is -2.60. The van der Waals surface area contributed by atoms with Crippen molar-refractivity contribution in [1.82, 2.24) is 4.98 Å². The molecular formula is C20H24ClN3O3. The molecule has 1 amide bonds. The maximum absolute atomic E-state index is 12.7. The molecule has 0 bridgehead atoms. The van der Waals surface area contributed by atoms with Crippen molar-refractivity contribution in [3.05, 3.63) is 53.2 Å². The first-order chi connectivity index (χ1) is 12.7. The number of anilines is 2. The number of rotatable bonds is 7. The van der Waals surface area contributed by atoms with Crippen molar-refractivity contribution in [3.63, 3.8) is 0 Å². The van der Waals surface area contributed by atoms with Gasteiger partial charge in [0.05, 0.1) is 23.9 Å². The van der Waals surface area contributed by atoms with Crippen LogP contribution in [0.4, 0.5) is 11.5 Å². The zero-order valence-electron chi connectivity index (χ0n) is 16.0. The molecule has 2 aromatic rings. The van der Waals surface area contributed by atoms with Crippen LogP contribution >= 0.6 is 11.6 Å². The number of carbonyl (C=O) groups is 2. The van der Waals surface area contributed by atoms with Crippen LogP contribution in [0.25, 0.3) is 0 Å². The zero-order chi connectivity index (χ0) is 20.0. The second-order valence-corrected chi connectivity index (χ2v) is 7.09. The summed E-state index contributed by atoms with van der Waals surface area (Å²) in [5, 5.41) is 3.50. The van der Waals surface area contributed by atoms with Crippen LogP contribution in [-0.2, 0) is 19.7 Å². The number of hydrogen-bond donors (Lipinski definition) is 1. The number of ether oxygens (including phenoxy) is 1. The third-order valence-electron chi connectivity index (χ3n) is 4.20. The van der Waals surface area contributed by atoms with Gasteiger partial charge in [-0.1, -0.05) is 23.7 Å². The molecule has 1 aromatic heterocycles. The number of esters is 1. The summed E-state index contributed by atoms with van der Waals surface area (Å²) in [7, 11) is 1.75. The molecule has 1 heterocycles. The van der Waals surface area contributed by atoms with E-state index in [0.29, 0.717) is 23.1 Å². The van der Waals surface area contributed by atoms with Crippen molar-refractivity contribution in [2.75, 3.05) is 30.4 Å². The molecule has 0 atom stereocenters. The molecule has 0 aliphatic carbocycles. The first-order valence-electron chi connectivity index (χ1n) is 8.64. The van der Waals surface area contributed by atoms with E-state index in [4.69, 9.17) is 16.3 Å². The summed E-state index contributed by atoms with van der Waals surface area (Å²) >= 11 is 5.92. The van der Waals surface area contributed by atoms with E-state index in [9.17, 15) is 9.59 Å². The third-order valence-corrected chi connectivity index (χ3v) is 4.45. The van der Waals surface area contributed by atoms with E-state index in [1.54, 1.807) is 49.3 Å². The Bertz CT molecular complexity index is 789. The zero-order valence-corrected chi connectivity index (χ0v) is 16.7. The van der Waals surface area contributed by atoms with Gasteiger partial charge in [0.15, 0.2) is 0 Å². The van der Waals surface area contributed by atoms with Gasteiger partial charge in [0.2, 0.25) is 5.91 Å². The minimum absolute atomic E-state index is 0.107. The Balaban J connectivity index is 2.03. The van der Waals surface area contributed by atoms with Gasteiger partial charge in [0.25, 0.3) is 0 Å². The highest BCUT2D eigenvalue weighted by atomic mass is 35.5. The van der Waals surface area contributed by atoms with Crippen LogP contribution in [-0.4, -0.2) is 37.1 Å². The van der Waals surface area contributed by atoms with E-state index < -0.39 is 5.41 Å². The fraction of sp³-hybridized carbons (Fsp3) is 0.350. The normalized spacial score (nSPS) is 11.0. The van der Waals surface area contributed by atoms with Gasteiger partial charge in [-0.2, -0.15) is 0 Å². The van der Waals surface area contributed by atoms with Gasteiger partial charge >= 0.3 is 5.97 Å². The van der Waals surface area contributed by atoms with Crippen LogP contribution in [0, 0.1) is 0 Å². The van der Waals surface area contributed by atoms with Crippen molar-refractivity contribution in [3.8, 4) is 0 Å². The predicted molar refractivity (Wildman–Crippen MR) is 107 cm³/mol. The van der Waals surface area contributed by atoms with E-state index in [1.807, 2.05) is 26.0 Å². The van der Waals surface area contributed by atoms with Crippen molar-refractivity contribution >= 4 is 35.0 Å². The van der Waals surface area contributed by atoms with Crippen LogP contribution in [0.2, 0.25) is 5.02 Å². The molecule has 2 rings (SSSR count). The molecule has 1 N–H and O–H groups in total. The Morgan fingerprint density at radius 2 is 1.85 bits per heavy atom. The number of pyridine rings is 1. The lowest BCUT2D eigenvalue weighted by Gasteiger charge is -2.24. The Morgan fingerprint density at radius 3 is 2.41 bits per heavy atom. The maximum Gasteiger partial charge on any atom is 0.325 e. The van der Waals surface area contributed by atoms with Gasteiger partial charge < -0.3 is 15.0 Å². The average Bonchev–Trinajstić information content (AvgIpc) is 2.62. The molecule has 0 spiro atoms. The summed E-state index contributed by atoms with van der Waals surface area (Å²) in [5.41, 5.74) is 0.711. The first-order valence-corrected chi connectivity index (χ1v) is 9.02. The molecule has 7 heteroatoms. The van der Waals surface area contributed by atoms with Crippen LogP contribution in [0.15, 0.2) is 42.6 Å². The molecule has 0 saturated heterocycles. The minimum Gasteiger partial charge on any atom is -0.465 e. The number of nitrogens with zero attached hydrogens (tertiary/aromatic N) is 2. The predicted octanol–water partition coefficient (Wildman–Crippen LogP) is 3.65. The van der Waals surface area contributed by atoms with E-state index in [1.165, 1.54) is 0 Å². The molecule has 0 unspecified atom stereocenters. The van der Waals surface area contributed by atoms with Crippen molar-refractivity contribution in [2.45, 2.75) is 26.2 Å².